The zero-order valence-electron chi connectivity index (χ0n) is 12.8. The van der Waals surface area contributed by atoms with Crippen LogP contribution in [0.15, 0.2) is 72.8 Å². The Bertz CT molecular complexity index is 890. The van der Waals surface area contributed by atoms with Crippen LogP contribution in [0, 0.1) is 6.92 Å². The summed E-state index contributed by atoms with van der Waals surface area (Å²) in [4.78, 5) is 2.24. The van der Waals surface area contributed by atoms with Gasteiger partial charge in [0.05, 0.1) is 5.69 Å². The molecule has 0 atom stereocenters. The van der Waals surface area contributed by atoms with Crippen LogP contribution in [-0.4, -0.2) is 15.4 Å². The molecule has 4 nitrogen and oxygen atoms in total. The maximum absolute atomic E-state index is 4.29. The van der Waals surface area contributed by atoms with Gasteiger partial charge in [0, 0.05) is 16.9 Å². The molecule has 23 heavy (non-hydrogen) atoms. The molecule has 112 valence electrons. The highest BCUT2D eigenvalue weighted by Gasteiger charge is 2.16. The lowest BCUT2D eigenvalue weighted by molar-refractivity contribution is 0.958. The maximum atomic E-state index is 4.29. The molecule has 3 aromatic carbocycles. The van der Waals surface area contributed by atoms with Gasteiger partial charge in [-0.2, -0.15) is 15.4 Å². The van der Waals surface area contributed by atoms with Crippen molar-refractivity contribution < 1.29 is 0 Å². The quantitative estimate of drug-likeness (QED) is 0.594. The van der Waals surface area contributed by atoms with E-state index in [4.69, 9.17) is 0 Å². The number of fused-ring (bicyclic) bond motifs is 1. The summed E-state index contributed by atoms with van der Waals surface area (Å²) in [5, 5.41) is 11.2. The number of hydrogen-bond donors (Lipinski definition) is 1. The van der Waals surface area contributed by atoms with E-state index in [1.54, 1.807) is 0 Å². The monoisotopic (exact) mass is 300 g/mol. The van der Waals surface area contributed by atoms with Gasteiger partial charge in [-0.3, -0.25) is 0 Å². The summed E-state index contributed by atoms with van der Waals surface area (Å²) in [6, 6.07) is 24.8. The molecule has 0 saturated heterocycles. The van der Waals surface area contributed by atoms with E-state index in [2.05, 4.69) is 81.8 Å². The van der Waals surface area contributed by atoms with Crippen LogP contribution >= 0.6 is 0 Å². The van der Waals surface area contributed by atoms with E-state index in [0.717, 1.165) is 33.7 Å². The molecule has 0 aliphatic heterocycles. The fraction of sp³-hybridized carbons (Fsp3) is 0.0526. The number of H-pyrrole nitrogens is 1. The van der Waals surface area contributed by atoms with Crippen molar-refractivity contribution >= 4 is 28.1 Å². The largest absolute Gasteiger partial charge is 0.310 e. The van der Waals surface area contributed by atoms with Crippen LogP contribution in [0.25, 0.3) is 11.0 Å². The van der Waals surface area contributed by atoms with Crippen LogP contribution < -0.4 is 4.90 Å². The fourth-order valence-electron chi connectivity index (χ4n) is 2.86. The van der Waals surface area contributed by atoms with E-state index in [-0.39, 0.29) is 0 Å². The Labute approximate surface area is 134 Å². The van der Waals surface area contributed by atoms with Crippen molar-refractivity contribution in [3.63, 3.8) is 0 Å². The van der Waals surface area contributed by atoms with Crippen molar-refractivity contribution in [3.8, 4) is 0 Å². The minimum Gasteiger partial charge on any atom is -0.310 e. The van der Waals surface area contributed by atoms with Crippen LogP contribution in [0.2, 0.25) is 0 Å². The third-order valence-electron chi connectivity index (χ3n) is 3.98. The lowest BCUT2D eigenvalue weighted by Gasteiger charge is -2.26. The summed E-state index contributed by atoms with van der Waals surface area (Å²) >= 11 is 0. The molecular formula is C19H16N4. The number of hydrogen-bond acceptors (Lipinski definition) is 3. The van der Waals surface area contributed by atoms with E-state index in [1.807, 2.05) is 18.2 Å². The van der Waals surface area contributed by atoms with Crippen LogP contribution in [-0.2, 0) is 0 Å². The van der Waals surface area contributed by atoms with Crippen molar-refractivity contribution in [1.29, 1.82) is 0 Å². The van der Waals surface area contributed by atoms with Crippen molar-refractivity contribution in [1.82, 2.24) is 15.4 Å². The summed E-state index contributed by atoms with van der Waals surface area (Å²) in [6.45, 7) is 2.08. The summed E-state index contributed by atoms with van der Waals surface area (Å²) in [6.07, 6.45) is 0. The minimum absolute atomic E-state index is 0.882. The average Bonchev–Trinajstić information content (AvgIpc) is 3.09. The van der Waals surface area contributed by atoms with E-state index in [9.17, 15) is 0 Å². The highest BCUT2D eigenvalue weighted by molar-refractivity contribution is 5.88. The van der Waals surface area contributed by atoms with Gasteiger partial charge in [-0.05, 0) is 43.3 Å². The smallest absolute Gasteiger partial charge is 0.117 e. The predicted molar refractivity (Wildman–Crippen MR) is 93.3 cm³/mol. The van der Waals surface area contributed by atoms with Gasteiger partial charge in [0.15, 0.2) is 0 Å². The number of aromatic amines is 1. The second-order valence-electron chi connectivity index (χ2n) is 5.41. The lowest BCUT2D eigenvalue weighted by Crippen LogP contribution is -2.11. The van der Waals surface area contributed by atoms with Gasteiger partial charge in [-0.1, -0.05) is 36.4 Å². The second kappa shape index (κ2) is 5.57. The van der Waals surface area contributed by atoms with E-state index >= 15 is 0 Å². The average molecular weight is 300 g/mol. The molecule has 0 fully saturated rings. The molecule has 0 aliphatic rings. The van der Waals surface area contributed by atoms with Gasteiger partial charge in [0.2, 0.25) is 0 Å². The molecule has 1 N–H and O–H groups in total. The SMILES string of the molecule is Cc1c(N(c2ccccc2)c2ccccc2)ccc2n[nH]nc12. The van der Waals surface area contributed by atoms with Gasteiger partial charge in [0.1, 0.15) is 11.0 Å². The fourth-order valence-corrected chi connectivity index (χ4v) is 2.86. The van der Waals surface area contributed by atoms with Crippen LogP contribution in [0.3, 0.4) is 0 Å². The molecule has 4 aromatic rings. The molecule has 1 heterocycles. The number of rotatable bonds is 3. The molecule has 0 saturated carbocycles. The molecule has 4 heteroatoms. The van der Waals surface area contributed by atoms with Gasteiger partial charge in [-0.25, -0.2) is 0 Å². The summed E-state index contributed by atoms with van der Waals surface area (Å²) < 4.78 is 0. The molecule has 0 spiro atoms. The first-order chi connectivity index (χ1) is 11.3. The first-order valence-corrected chi connectivity index (χ1v) is 7.55. The first kappa shape index (κ1) is 13.5. The topological polar surface area (TPSA) is 44.8 Å². The van der Waals surface area contributed by atoms with Crippen molar-refractivity contribution in [3.05, 3.63) is 78.4 Å². The third-order valence-corrected chi connectivity index (χ3v) is 3.98. The minimum atomic E-state index is 0.882. The van der Waals surface area contributed by atoms with Gasteiger partial charge in [-0.15, -0.1) is 0 Å². The number of nitrogens with one attached hydrogen (secondary N) is 1. The number of aryl methyl sites for hydroxylation is 1. The van der Waals surface area contributed by atoms with Gasteiger partial charge < -0.3 is 4.90 Å². The standard InChI is InChI=1S/C19H16N4/c1-14-18(13-12-17-19(14)21-22-20-17)23(15-8-4-2-5-9-15)16-10-6-3-7-11-16/h2-13H,1H3,(H,20,21,22). The normalized spacial score (nSPS) is 10.8. The molecule has 0 amide bonds. The second-order valence-corrected chi connectivity index (χ2v) is 5.41. The van der Waals surface area contributed by atoms with E-state index in [0.29, 0.717) is 0 Å². The molecule has 0 unspecified atom stereocenters. The Balaban J connectivity index is 1.96. The first-order valence-electron chi connectivity index (χ1n) is 7.55. The highest BCUT2D eigenvalue weighted by Crippen LogP contribution is 2.37. The van der Waals surface area contributed by atoms with Gasteiger partial charge in [0.25, 0.3) is 0 Å². The molecule has 0 bridgehead atoms. The number of nitrogens with zero attached hydrogens (tertiary/aromatic N) is 3. The Morgan fingerprint density at radius 2 is 1.35 bits per heavy atom. The molecular weight excluding hydrogens is 284 g/mol. The van der Waals surface area contributed by atoms with Crippen LogP contribution in [0.5, 0.6) is 0 Å². The van der Waals surface area contributed by atoms with Crippen molar-refractivity contribution in [2.75, 3.05) is 4.90 Å². The zero-order chi connectivity index (χ0) is 15.6. The molecule has 4 rings (SSSR count). The predicted octanol–water partition coefficient (Wildman–Crippen LogP) is 4.74. The zero-order valence-corrected chi connectivity index (χ0v) is 12.8. The van der Waals surface area contributed by atoms with E-state index in [1.165, 1.54) is 0 Å². The number of anilines is 3. The van der Waals surface area contributed by atoms with Crippen molar-refractivity contribution in [2.24, 2.45) is 0 Å². The summed E-state index contributed by atoms with van der Waals surface area (Å²) in [7, 11) is 0. The van der Waals surface area contributed by atoms with Crippen LogP contribution in [0.1, 0.15) is 5.56 Å². The third kappa shape index (κ3) is 2.34. The molecule has 0 aliphatic carbocycles. The summed E-state index contributed by atoms with van der Waals surface area (Å²) in [5.41, 5.74) is 6.22. The summed E-state index contributed by atoms with van der Waals surface area (Å²) in [5.74, 6) is 0. The van der Waals surface area contributed by atoms with E-state index < -0.39 is 0 Å². The molecule has 0 radical (unpaired) electrons. The van der Waals surface area contributed by atoms with Crippen LogP contribution in [0.4, 0.5) is 17.1 Å². The Morgan fingerprint density at radius 1 is 0.739 bits per heavy atom. The Hall–Kier alpha value is -3.14. The van der Waals surface area contributed by atoms with Gasteiger partial charge >= 0.3 is 0 Å². The Morgan fingerprint density at radius 3 is 1.96 bits per heavy atom. The maximum Gasteiger partial charge on any atom is 0.117 e. The van der Waals surface area contributed by atoms with Crippen molar-refractivity contribution in [2.45, 2.75) is 6.92 Å². The Kier molecular flexibility index (Phi) is 3.27. The molecule has 1 aromatic heterocycles. The number of para-hydroxylation sites is 2. The number of benzene rings is 3. The lowest BCUT2D eigenvalue weighted by atomic mass is 10.1. The number of aromatic nitrogens is 3. The highest BCUT2D eigenvalue weighted by atomic mass is 15.3.